The third-order valence-corrected chi connectivity index (χ3v) is 7.50. The van der Waals surface area contributed by atoms with Crippen LogP contribution in [0.2, 0.25) is 0 Å². The van der Waals surface area contributed by atoms with Crippen molar-refractivity contribution in [2.45, 2.75) is 63.8 Å². The summed E-state index contributed by atoms with van der Waals surface area (Å²) >= 11 is 0. The molecule has 0 bridgehead atoms. The van der Waals surface area contributed by atoms with E-state index in [0.717, 1.165) is 15.4 Å². The van der Waals surface area contributed by atoms with Crippen molar-refractivity contribution in [3.05, 3.63) is 59.7 Å². The van der Waals surface area contributed by atoms with Gasteiger partial charge in [0.1, 0.15) is 6.04 Å². The molecule has 0 spiro atoms. The van der Waals surface area contributed by atoms with E-state index in [4.69, 9.17) is 5.73 Å². The summed E-state index contributed by atoms with van der Waals surface area (Å²) in [4.78, 5) is 24.2. The number of sulfonamides is 1. The van der Waals surface area contributed by atoms with E-state index in [9.17, 15) is 23.1 Å². The average molecular weight is 504 g/mol. The first kappa shape index (κ1) is 28.3. The molecule has 2 aromatic rings. The number of aryl methyl sites for hydroxylation is 2. The van der Waals surface area contributed by atoms with E-state index in [-0.39, 0.29) is 29.7 Å². The fraction of sp³-hybridized carbons (Fsp3) is 0.462. The monoisotopic (exact) mass is 503 g/mol. The van der Waals surface area contributed by atoms with Gasteiger partial charge in [0.15, 0.2) is 0 Å². The van der Waals surface area contributed by atoms with E-state index in [1.54, 1.807) is 0 Å². The average Bonchev–Trinajstić information content (AvgIpc) is 2.78. The standard InChI is InChI=1S/C26H37N3O5S/c1-19(2)18-29(35(33,34)23-13-11-22(27)12-14-23)24(26(31)32)9-4-5-16-28-25(30)15-10-21-8-6-7-20(3)17-21/h6-8,11-14,17,19,24H,4-5,9-10,15-16,18,27H2,1-3H3,(H,28,30)(H,31,32)/t24-/m0/s1. The van der Waals surface area contributed by atoms with Gasteiger partial charge in [-0.15, -0.1) is 0 Å². The molecule has 1 atom stereocenters. The van der Waals surface area contributed by atoms with Gasteiger partial charge in [-0.05, 0) is 68.4 Å². The summed E-state index contributed by atoms with van der Waals surface area (Å²) in [5, 5.41) is 12.7. The minimum Gasteiger partial charge on any atom is -0.480 e. The Labute approximate surface area is 208 Å². The number of nitrogen functional groups attached to an aromatic ring is 1. The molecule has 0 heterocycles. The molecule has 0 aliphatic carbocycles. The third-order valence-electron chi connectivity index (χ3n) is 5.61. The molecule has 9 heteroatoms. The number of benzene rings is 2. The molecular formula is C26H37N3O5S. The maximum Gasteiger partial charge on any atom is 0.322 e. The van der Waals surface area contributed by atoms with Crippen molar-refractivity contribution in [3.63, 3.8) is 0 Å². The van der Waals surface area contributed by atoms with Crippen molar-refractivity contribution < 1.29 is 23.1 Å². The van der Waals surface area contributed by atoms with Crippen molar-refractivity contribution in [2.24, 2.45) is 5.92 Å². The van der Waals surface area contributed by atoms with Crippen LogP contribution in [-0.2, 0) is 26.0 Å². The van der Waals surface area contributed by atoms with Gasteiger partial charge in [0, 0.05) is 25.2 Å². The highest BCUT2D eigenvalue weighted by Gasteiger charge is 2.35. The second-order valence-electron chi connectivity index (χ2n) is 9.23. The molecule has 2 aromatic carbocycles. The van der Waals surface area contributed by atoms with Gasteiger partial charge >= 0.3 is 5.97 Å². The van der Waals surface area contributed by atoms with Crippen molar-refractivity contribution in [3.8, 4) is 0 Å². The molecule has 35 heavy (non-hydrogen) atoms. The Morgan fingerprint density at radius 1 is 1.09 bits per heavy atom. The molecule has 0 radical (unpaired) electrons. The molecule has 2 rings (SSSR count). The second kappa shape index (κ2) is 13.3. The highest BCUT2D eigenvalue weighted by Crippen LogP contribution is 2.23. The van der Waals surface area contributed by atoms with Crippen LogP contribution >= 0.6 is 0 Å². The van der Waals surface area contributed by atoms with E-state index in [2.05, 4.69) is 11.4 Å². The number of anilines is 1. The highest BCUT2D eigenvalue weighted by atomic mass is 32.2. The molecule has 0 aliphatic rings. The number of hydrogen-bond donors (Lipinski definition) is 3. The predicted octanol–water partition coefficient (Wildman–Crippen LogP) is 3.60. The fourth-order valence-corrected chi connectivity index (χ4v) is 5.60. The van der Waals surface area contributed by atoms with Gasteiger partial charge in [-0.3, -0.25) is 9.59 Å². The van der Waals surface area contributed by atoms with E-state index in [1.165, 1.54) is 24.3 Å². The van der Waals surface area contributed by atoms with Gasteiger partial charge in [-0.25, -0.2) is 8.42 Å². The Kier molecular flexibility index (Phi) is 10.7. The summed E-state index contributed by atoms with van der Waals surface area (Å²) in [5.41, 5.74) is 8.36. The number of rotatable bonds is 14. The van der Waals surface area contributed by atoms with Crippen molar-refractivity contribution >= 4 is 27.6 Å². The van der Waals surface area contributed by atoms with Crippen LogP contribution in [0.1, 0.15) is 50.7 Å². The topological polar surface area (TPSA) is 130 Å². The minimum atomic E-state index is -4.02. The minimum absolute atomic E-state index is 0.0134. The zero-order valence-electron chi connectivity index (χ0n) is 20.7. The van der Waals surface area contributed by atoms with Gasteiger partial charge in [0.2, 0.25) is 15.9 Å². The van der Waals surface area contributed by atoms with Crippen LogP contribution in [0, 0.1) is 12.8 Å². The molecule has 0 aliphatic heterocycles. The molecular weight excluding hydrogens is 466 g/mol. The lowest BCUT2D eigenvalue weighted by atomic mass is 10.1. The molecule has 0 unspecified atom stereocenters. The summed E-state index contributed by atoms with van der Waals surface area (Å²) in [6, 6.07) is 12.6. The van der Waals surface area contributed by atoms with Crippen molar-refractivity contribution in [1.29, 1.82) is 0 Å². The number of carbonyl (C=O) groups is 2. The number of nitrogens with zero attached hydrogens (tertiary/aromatic N) is 1. The zero-order valence-corrected chi connectivity index (χ0v) is 21.6. The van der Waals surface area contributed by atoms with Crippen LogP contribution in [0.5, 0.6) is 0 Å². The molecule has 0 aromatic heterocycles. The van der Waals surface area contributed by atoms with Crippen LogP contribution < -0.4 is 11.1 Å². The van der Waals surface area contributed by atoms with Gasteiger partial charge in [-0.2, -0.15) is 4.31 Å². The van der Waals surface area contributed by atoms with Crippen LogP contribution in [0.4, 0.5) is 5.69 Å². The van der Waals surface area contributed by atoms with E-state index in [0.29, 0.717) is 37.9 Å². The number of hydrogen-bond acceptors (Lipinski definition) is 5. The number of nitrogens with two attached hydrogens (primary N) is 1. The third kappa shape index (κ3) is 8.99. The van der Waals surface area contributed by atoms with E-state index >= 15 is 0 Å². The first-order valence-electron chi connectivity index (χ1n) is 11.9. The van der Waals surface area contributed by atoms with Crippen LogP contribution in [0.3, 0.4) is 0 Å². The molecule has 0 saturated carbocycles. The predicted molar refractivity (Wildman–Crippen MR) is 137 cm³/mol. The smallest absolute Gasteiger partial charge is 0.322 e. The molecule has 1 amide bonds. The maximum atomic E-state index is 13.3. The largest absolute Gasteiger partial charge is 0.480 e. The second-order valence-corrected chi connectivity index (χ2v) is 11.1. The Morgan fingerprint density at radius 3 is 2.37 bits per heavy atom. The van der Waals surface area contributed by atoms with Gasteiger partial charge in [0.05, 0.1) is 4.90 Å². The number of carboxylic acids is 1. The van der Waals surface area contributed by atoms with E-state index in [1.807, 2.05) is 39.0 Å². The normalized spacial score (nSPS) is 12.6. The summed E-state index contributed by atoms with van der Waals surface area (Å²) in [7, 11) is -4.02. The van der Waals surface area contributed by atoms with Crippen molar-refractivity contribution in [2.75, 3.05) is 18.8 Å². The molecule has 8 nitrogen and oxygen atoms in total. The Balaban J connectivity index is 1.93. The molecule has 192 valence electrons. The molecule has 4 N–H and O–H groups in total. The zero-order chi connectivity index (χ0) is 26.0. The Hall–Kier alpha value is -2.91. The summed E-state index contributed by atoms with van der Waals surface area (Å²) in [6.07, 6.45) is 2.19. The van der Waals surface area contributed by atoms with Crippen molar-refractivity contribution in [1.82, 2.24) is 9.62 Å². The number of aliphatic carboxylic acids is 1. The maximum absolute atomic E-state index is 13.3. The first-order chi connectivity index (χ1) is 16.5. The van der Waals surface area contributed by atoms with E-state index < -0.39 is 22.0 Å². The lowest BCUT2D eigenvalue weighted by molar-refractivity contribution is -0.142. The number of unbranched alkanes of at least 4 members (excludes halogenated alkanes) is 1. The lowest BCUT2D eigenvalue weighted by Gasteiger charge is -2.29. The summed E-state index contributed by atoms with van der Waals surface area (Å²) in [5.74, 6) is -1.31. The number of amides is 1. The summed E-state index contributed by atoms with van der Waals surface area (Å²) < 4.78 is 27.6. The van der Waals surface area contributed by atoms with Crippen LogP contribution in [0.25, 0.3) is 0 Å². The van der Waals surface area contributed by atoms with Gasteiger partial charge in [-0.1, -0.05) is 43.7 Å². The van der Waals surface area contributed by atoms with Crippen LogP contribution in [0.15, 0.2) is 53.4 Å². The number of carbonyl (C=O) groups excluding carboxylic acids is 1. The highest BCUT2D eigenvalue weighted by molar-refractivity contribution is 7.89. The van der Waals surface area contributed by atoms with Gasteiger partial charge < -0.3 is 16.2 Å². The summed E-state index contributed by atoms with van der Waals surface area (Å²) in [6.45, 7) is 6.19. The molecule has 0 saturated heterocycles. The SMILES string of the molecule is Cc1cccc(CCC(=O)NCCCC[C@@H](C(=O)O)N(CC(C)C)S(=O)(=O)c2ccc(N)cc2)c1. The quantitative estimate of drug-likeness (QED) is 0.267. The Bertz CT molecular complexity index is 1080. The number of nitrogens with one attached hydrogen (secondary N) is 1. The fourth-order valence-electron chi connectivity index (χ4n) is 3.82. The van der Waals surface area contributed by atoms with Gasteiger partial charge in [0.25, 0.3) is 0 Å². The molecule has 0 fully saturated rings. The van der Waals surface area contributed by atoms with Crippen LogP contribution in [-0.4, -0.2) is 48.8 Å². The first-order valence-corrected chi connectivity index (χ1v) is 13.4. The Morgan fingerprint density at radius 2 is 1.77 bits per heavy atom. The number of carboxylic acid groups (broad SMARTS) is 1. The lowest BCUT2D eigenvalue weighted by Crippen LogP contribution is -2.46.